The molecule has 1 saturated heterocycles. The van der Waals surface area contributed by atoms with Gasteiger partial charge in [-0.2, -0.15) is 4.68 Å². The van der Waals surface area contributed by atoms with Crippen molar-refractivity contribution >= 4 is 17.1 Å². The summed E-state index contributed by atoms with van der Waals surface area (Å²) >= 11 is 0. The molecule has 1 aliphatic heterocycles. The molecule has 168 valence electrons. The van der Waals surface area contributed by atoms with Crippen molar-refractivity contribution in [3.05, 3.63) is 47.0 Å². The van der Waals surface area contributed by atoms with E-state index in [-0.39, 0.29) is 23.5 Å². The van der Waals surface area contributed by atoms with E-state index in [0.29, 0.717) is 38.0 Å². The minimum Gasteiger partial charge on any atom is -0.388 e. The van der Waals surface area contributed by atoms with Crippen LogP contribution in [-0.2, 0) is 11.3 Å². The van der Waals surface area contributed by atoms with Crippen molar-refractivity contribution in [1.82, 2.24) is 29.4 Å². The number of carbonyl (C=O) groups is 1. The van der Waals surface area contributed by atoms with Crippen LogP contribution in [0.4, 0.5) is 0 Å². The first-order chi connectivity index (χ1) is 15.5. The lowest BCUT2D eigenvalue weighted by atomic mass is 9.82. The van der Waals surface area contributed by atoms with Crippen molar-refractivity contribution in [2.24, 2.45) is 5.92 Å². The second kappa shape index (κ2) is 8.46. The fraction of sp³-hybridized carbons (Fsp3) is 0.522. The molecule has 1 amide bonds. The zero-order chi connectivity index (χ0) is 22.1. The lowest BCUT2D eigenvalue weighted by molar-refractivity contribution is -0.136. The molecule has 0 spiro atoms. The summed E-state index contributed by atoms with van der Waals surface area (Å²) in [5.74, 6) is 0.895. The van der Waals surface area contributed by atoms with E-state index in [2.05, 4.69) is 15.3 Å². The number of likely N-dealkylation sites (tertiary alicyclic amines) is 1. The lowest BCUT2D eigenvalue weighted by Gasteiger charge is -2.38. The summed E-state index contributed by atoms with van der Waals surface area (Å²) < 4.78 is 2.93. The molecule has 2 fully saturated rings. The van der Waals surface area contributed by atoms with Gasteiger partial charge in [0, 0.05) is 19.5 Å². The SMILES string of the molecule is O=C(CCC1CCC1)N1CCC(O)(Cn2cnc3c(nnn3-c3ccccc3)c2=O)CC1. The number of rotatable bonds is 6. The Morgan fingerprint density at radius 2 is 1.91 bits per heavy atom. The van der Waals surface area contributed by atoms with Crippen LogP contribution in [0, 0.1) is 5.92 Å². The molecule has 2 aromatic heterocycles. The molecule has 1 aromatic carbocycles. The van der Waals surface area contributed by atoms with Gasteiger partial charge in [0.25, 0.3) is 5.56 Å². The number of benzene rings is 1. The topological polar surface area (TPSA) is 106 Å². The standard InChI is InChI=1S/C23H28N6O3/c30-19(10-9-17-5-4-6-17)27-13-11-23(32,12-14-27)15-28-16-24-21-20(22(28)31)25-26-29(21)18-7-2-1-3-8-18/h1-3,7-8,16-17,32H,4-6,9-15H2. The normalized spacial score (nSPS) is 18.6. The van der Waals surface area contributed by atoms with Gasteiger partial charge in [0.2, 0.25) is 5.91 Å². The maximum atomic E-state index is 13.0. The molecule has 32 heavy (non-hydrogen) atoms. The number of fused-ring (bicyclic) bond motifs is 1. The molecule has 5 rings (SSSR count). The summed E-state index contributed by atoms with van der Waals surface area (Å²) in [6, 6.07) is 9.39. The van der Waals surface area contributed by atoms with Gasteiger partial charge in [-0.25, -0.2) is 4.98 Å². The van der Waals surface area contributed by atoms with Crippen LogP contribution in [0.15, 0.2) is 41.5 Å². The molecule has 2 aliphatic rings. The van der Waals surface area contributed by atoms with E-state index < -0.39 is 5.60 Å². The van der Waals surface area contributed by atoms with Crippen LogP contribution in [0.1, 0.15) is 44.9 Å². The lowest BCUT2D eigenvalue weighted by Crippen LogP contribution is -2.49. The van der Waals surface area contributed by atoms with Gasteiger partial charge >= 0.3 is 0 Å². The van der Waals surface area contributed by atoms with Crippen molar-refractivity contribution in [1.29, 1.82) is 0 Å². The first-order valence-corrected chi connectivity index (χ1v) is 11.4. The van der Waals surface area contributed by atoms with Gasteiger partial charge in [-0.15, -0.1) is 5.10 Å². The first kappa shape index (κ1) is 20.8. The Labute approximate surface area is 185 Å². The highest BCUT2D eigenvalue weighted by Crippen LogP contribution is 2.31. The first-order valence-electron chi connectivity index (χ1n) is 11.4. The molecule has 9 heteroatoms. The maximum absolute atomic E-state index is 13.0. The molecule has 0 unspecified atom stereocenters. The molecule has 1 saturated carbocycles. The molecule has 1 N–H and O–H groups in total. The third-order valence-electron chi connectivity index (χ3n) is 6.93. The number of aromatic nitrogens is 5. The highest BCUT2D eigenvalue weighted by Gasteiger charge is 2.35. The van der Waals surface area contributed by atoms with Gasteiger partial charge in [0.1, 0.15) is 6.33 Å². The van der Waals surface area contributed by atoms with E-state index in [1.165, 1.54) is 34.8 Å². The molecule has 1 aliphatic carbocycles. The van der Waals surface area contributed by atoms with Crippen molar-refractivity contribution in [3.8, 4) is 5.69 Å². The van der Waals surface area contributed by atoms with Crippen LogP contribution < -0.4 is 5.56 Å². The molecule has 9 nitrogen and oxygen atoms in total. The van der Waals surface area contributed by atoms with Gasteiger partial charge in [-0.05, 0) is 37.3 Å². The van der Waals surface area contributed by atoms with Crippen LogP contribution in [-0.4, -0.2) is 59.1 Å². The van der Waals surface area contributed by atoms with Crippen molar-refractivity contribution in [2.75, 3.05) is 13.1 Å². The van der Waals surface area contributed by atoms with Crippen LogP contribution >= 0.6 is 0 Å². The maximum Gasteiger partial charge on any atom is 0.283 e. The minimum absolute atomic E-state index is 0.122. The number of piperidine rings is 1. The molecular weight excluding hydrogens is 408 g/mol. The fourth-order valence-electron chi connectivity index (χ4n) is 4.61. The van der Waals surface area contributed by atoms with E-state index in [1.54, 1.807) is 0 Å². The van der Waals surface area contributed by atoms with E-state index in [1.807, 2.05) is 35.2 Å². The van der Waals surface area contributed by atoms with Gasteiger partial charge in [-0.1, -0.05) is 42.7 Å². The average Bonchev–Trinajstić information content (AvgIpc) is 3.20. The molecule has 0 atom stereocenters. The van der Waals surface area contributed by atoms with Crippen molar-refractivity contribution in [2.45, 2.75) is 57.1 Å². The van der Waals surface area contributed by atoms with E-state index in [0.717, 1.165) is 18.0 Å². The number of carbonyl (C=O) groups excluding carboxylic acids is 1. The van der Waals surface area contributed by atoms with Crippen molar-refractivity contribution in [3.63, 3.8) is 0 Å². The predicted molar refractivity (Wildman–Crippen MR) is 118 cm³/mol. The Hall–Kier alpha value is -3.07. The zero-order valence-corrected chi connectivity index (χ0v) is 18.1. The van der Waals surface area contributed by atoms with E-state index in [9.17, 15) is 14.7 Å². The second-order valence-corrected chi connectivity index (χ2v) is 9.13. The van der Waals surface area contributed by atoms with Crippen molar-refractivity contribution < 1.29 is 9.90 Å². The number of nitrogens with zero attached hydrogens (tertiary/aromatic N) is 6. The minimum atomic E-state index is -1.06. The number of amides is 1. The van der Waals surface area contributed by atoms with Crippen LogP contribution in [0.2, 0.25) is 0 Å². The Balaban J connectivity index is 1.26. The summed E-state index contributed by atoms with van der Waals surface area (Å²) in [5, 5.41) is 19.2. The third-order valence-corrected chi connectivity index (χ3v) is 6.93. The molecule has 3 heterocycles. The van der Waals surface area contributed by atoms with Gasteiger partial charge < -0.3 is 10.0 Å². The van der Waals surface area contributed by atoms with Gasteiger partial charge in [0.05, 0.1) is 17.8 Å². The quantitative estimate of drug-likeness (QED) is 0.633. The van der Waals surface area contributed by atoms with Gasteiger partial charge in [-0.3, -0.25) is 14.2 Å². The fourth-order valence-corrected chi connectivity index (χ4v) is 4.61. The largest absolute Gasteiger partial charge is 0.388 e. The van der Waals surface area contributed by atoms with Crippen LogP contribution in [0.25, 0.3) is 16.9 Å². The number of para-hydroxylation sites is 1. The highest BCUT2D eigenvalue weighted by molar-refractivity contribution is 5.76. The Kier molecular flexibility index (Phi) is 5.50. The summed E-state index contributed by atoms with van der Waals surface area (Å²) in [5.41, 5.74) is -0.0589. The van der Waals surface area contributed by atoms with Gasteiger partial charge in [0.15, 0.2) is 11.2 Å². The summed E-state index contributed by atoms with van der Waals surface area (Å²) in [4.78, 5) is 31.7. The smallest absolute Gasteiger partial charge is 0.283 e. The molecule has 3 aromatic rings. The van der Waals surface area contributed by atoms with E-state index in [4.69, 9.17) is 0 Å². The molecular formula is C23H28N6O3. The highest BCUT2D eigenvalue weighted by atomic mass is 16.3. The average molecular weight is 437 g/mol. The second-order valence-electron chi connectivity index (χ2n) is 9.13. The predicted octanol–water partition coefficient (Wildman–Crippen LogP) is 1.91. The Bertz CT molecular complexity index is 1160. The summed E-state index contributed by atoms with van der Waals surface area (Å²) in [6.45, 7) is 1.14. The zero-order valence-electron chi connectivity index (χ0n) is 18.1. The molecule has 0 radical (unpaired) electrons. The summed E-state index contributed by atoms with van der Waals surface area (Å²) in [6.07, 6.45) is 7.68. The summed E-state index contributed by atoms with van der Waals surface area (Å²) in [7, 11) is 0. The third kappa shape index (κ3) is 4.04. The van der Waals surface area contributed by atoms with E-state index >= 15 is 0 Å². The molecule has 0 bridgehead atoms. The Morgan fingerprint density at radius 1 is 1.16 bits per heavy atom. The number of aliphatic hydroxyl groups is 1. The number of hydrogen-bond acceptors (Lipinski definition) is 6. The van der Waals surface area contributed by atoms with Crippen LogP contribution in [0.3, 0.4) is 0 Å². The monoisotopic (exact) mass is 436 g/mol. The van der Waals surface area contributed by atoms with Crippen LogP contribution in [0.5, 0.6) is 0 Å². The number of hydrogen-bond donors (Lipinski definition) is 1. The Morgan fingerprint density at radius 3 is 2.59 bits per heavy atom.